The average Bonchev–Trinajstić information content (AvgIpc) is 3.28. The Kier molecular flexibility index (Phi) is 6.83. The monoisotopic (exact) mass is 464 g/mol. The van der Waals surface area contributed by atoms with Gasteiger partial charge in [0.15, 0.2) is 0 Å². The maximum atomic E-state index is 12.8. The fourth-order valence-electron chi connectivity index (χ4n) is 3.74. The molecule has 1 aromatic heterocycles. The molecule has 0 radical (unpaired) electrons. The summed E-state index contributed by atoms with van der Waals surface area (Å²) in [4.78, 5) is 27.0. The summed E-state index contributed by atoms with van der Waals surface area (Å²) >= 11 is 1.21. The van der Waals surface area contributed by atoms with E-state index in [4.69, 9.17) is 4.42 Å². The molecule has 0 fully saturated rings. The number of anilines is 1. The Morgan fingerprint density at radius 2 is 1.85 bits per heavy atom. The molecule has 3 aromatic rings. The van der Waals surface area contributed by atoms with Crippen LogP contribution in [0.25, 0.3) is 0 Å². The smallest absolute Gasteiger partial charge is 0.277 e. The summed E-state index contributed by atoms with van der Waals surface area (Å²) in [6, 6.07) is 15.6. The molecule has 4 rings (SSSR count). The highest BCUT2D eigenvalue weighted by Gasteiger charge is 2.23. The van der Waals surface area contributed by atoms with Crippen molar-refractivity contribution in [2.75, 3.05) is 17.2 Å². The maximum Gasteiger partial charge on any atom is 0.277 e. The van der Waals surface area contributed by atoms with Crippen molar-refractivity contribution in [3.05, 3.63) is 71.1 Å². The Hall–Kier alpha value is -3.13. The highest BCUT2D eigenvalue weighted by atomic mass is 32.2. The molecule has 0 aliphatic carbocycles. The van der Waals surface area contributed by atoms with Crippen molar-refractivity contribution in [2.45, 2.75) is 50.8 Å². The van der Waals surface area contributed by atoms with Crippen LogP contribution < -0.4 is 10.2 Å². The minimum atomic E-state index is -0.207. The number of aromatic nitrogens is 2. The van der Waals surface area contributed by atoms with Gasteiger partial charge in [0.1, 0.15) is 0 Å². The Morgan fingerprint density at radius 3 is 2.61 bits per heavy atom. The number of amides is 2. The zero-order chi connectivity index (χ0) is 23.4. The molecule has 1 aliphatic rings. The topological polar surface area (TPSA) is 88.3 Å². The van der Waals surface area contributed by atoms with E-state index >= 15 is 0 Å². The van der Waals surface area contributed by atoms with Crippen molar-refractivity contribution in [3.63, 3.8) is 0 Å². The lowest BCUT2D eigenvalue weighted by Crippen LogP contribution is -2.36. The average molecular weight is 465 g/mol. The highest BCUT2D eigenvalue weighted by Crippen LogP contribution is 2.28. The highest BCUT2D eigenvalue weighted by molar-refractivity contribution is 7.99. The van der Waals surface area contributed by atoms with Crippen LogP contribution in [-0.2, 0) is 23.2 Å². The van der Waals surface area contributed by atoms with Gasteiger partial charge in [-0.1, -0.05) is 62.9 Å². The molecule has 0 unspecified atom stereocenters. The van der Waals surface area contributed by atoms with Gasteiger partial charge in [-0.3, -0.25) is 9.59 Å². The molecule has 33 heavy (non-hydrogen) atoms. The van der Waals surface area contributed by atoms with Crippen molar-refractivity contribution in [1.82, 2.24) is 15.5 Å². The Bertz CT molecular complexity index is 1140. The van der Waals surface area contributed by atoms with Crippen LogP contribution >= 0.6 is 11.8 Å². The summed E-state index contributed by atoms with van der Waals surface area (Å²) < 4.78 is 5.60. The van der Waals surface area contributed by atoms with Crippen molar-refractivity contribution < 1.29 is 14.0 Å². The van der Waals surface area contributed by atoms with Crippen LogP contribution in [0, 0.1) is 0 Å². The Morgan fingerprint density at radius 1 is 1.09 bits per heavy atom. The number of aryl methyl sites for hydroxylation is 1. The number of carbonyl (C=O) groups is 2. The van der Waals surface area contributed by atoms with E-state index in [0.29, 0.717) is 23.2 Å². The van der Waals surface area contributed by atoms with Crippen molar-refractivity contribution in [2.24, 2.45) is 0 Å². The third-order valence-corrected chi connectivity index (χ3v) is 6.40. The second kappa shape index (κ2) is 9.79. The van der Waals surface area contributed by atoms with E-state index in [0.717, 1.165) is 18.5 Å². The minimum Gasteiger partial charge on any atom is -0.414 e. The zero-order valence-corrected chi connectivity index (χ0v) is 19.9. The number of rotatable bonds is 6. The van der Waals surface area contributed by atoms with E-state index in [-0.39, 0.29) is 29.5 Å². The molecule has 172 valence electrons. The number of carbonyl (C=O) groups excluding carboxylic acids is 2. The third-order valence-electron chi connectivity index (χ3n) is 5.59. The van der Waals surface area contributed by atoms with Crippen LogP contribution in [0.15, 0.2) is 58.2 Å². The van der Waals surface area contributed by atoms with E-state index in [1.54, 1.807) is 0 Å². The molecule has 0 spiro atoms. The summed E-state index contributed by atoms with van der Waals surface area (Å²) in [5.41, 5.74) is 3.96. The molecule has 8 heteroatoms. The largest absolute Gasteiger partial charge is 0.414 e. The number of nitrogens with zero attached hydrogens (tertiary/aromatic N) is 3. The lowest BCUT2D eigenvalue weighted by molar-refractivity contribution is -0.116. The van der Waals surface area contributed by atoms with Crippen LogP contribution in [0.3, 0.4) is 0 Å². The van der Waals surface area contributed by atoms with Gasteiger partial charge in [-0.15, -0.1) is 10.2 Å². The van der Waals surface area contributed by atoms with Gasteiger partial charge in [-0.05, 0) is 47.6 Å². The standard InChI is InChI=1S/C25H28N4O3S/c1-25(2,3)19-12-10-18(11-13-19)23(31)26-15-21-27-28-24(32-21)33-16-22(30)29-14-6-8-17-7-4-5-9-20(17)29/h4-5,7,9-13H,6,8,14-16H2,1-3H3,(H,26,31). The van der Waals surface area contributed by atoms with E-state index in [1.165, 1.54) is 22.9 Å². The second-order valence-corrected chi connectivity index (χ2v) is 9.96. The van der Waals surface area contributed by atoms with Gasteiger partial charge in [-0.25, -0.2) is 0 Å². The fraction of sp³-hybridized carbons (Fsp3) is 0.360. The van der Waals surface area contributed by atoms with Crippen LogP contribution in [0.5, 0.6) is 0 Å². The molecule has 0 bridgehead atoms. The predicted molar refractivity (Wildman–Crippen MR) is 128 cm³/mol. The first-order valence-electron chi connectivity index (χ1n) is 11.0. The molecular formula is C25H28N4O3S. The maximum absolute atomic E-state index is 12.8. The molecule has 0 atom stereocenters. The third kappa shape index (κ3) is 5.63. The van der Waals surface area contributed by atoms with E-state index in [9.17, 15) is 9.59 Å². The van der Waals surface area contributed by atoms with Crippen LogP contribution in [0.2, 0.25) is 0 Å². The molecule has 0 saturated carbocycles. The SMILES string of the molecule is CC(C)(C)c1ccc(C(=O)NCc2nnc(SCC(=O)N3CCCc4ccccc43)o2)cc1. The van der Waals surface area contributed by atoms with Crippen LogP contribution in [0.1, 0.15) is 54.6 Å². The van der Waals surface area contributed by atoms with Gasteiger partial charge in [0.25, 0.3) is 11.1 Å². The molecule has 2 heterocycles. The second-order valence-electron chi connectivity index (χ2n) is 9.04. The van der Waals surface area contributed by atoms with E-state index in [2.05, 4.69) is 42.4 Å². The van der Waals surface area contributed by atoms with E-state index < -0.39 is 0 Å². The number of hydrogen-bond acceptors (Lipinski definition) is 6. The van der Waals surface area contributed by atoms with Crippen molar-refractivity contribution >= 4 is 29.3 Å². The summed E-state index contributed by atoms with van der Waals surface area (Å²) in [6.45, 7) is 7.24. The number of para-hydroxylation sites is 1. The number of benzene rings is 2. The number of thioether (sulfide) groups is 1. The van der Waals surface area contributed by atoms with E-state index in [1.807, 2.05) is 47.4 Å². The summed E-state index contributed by atoms with van der Waals surface area (Å²) in [6.07, 6.45) is 1.95. The first-order chi connectivity index (χ1) is 15.8. The summed E-state index contributed by atoms with van der Waals surface area (Å²) in [5.74, 6) is 0.316. The van der Waals surface area contributed by atoms with Gasteiger partial charge in [0.2, 0.25) is 11.8 Å². The van der Waals surface area contributed by atoms with Gasteiger partial charge in [0, 0.05) is 17.8 Å². The van der Waals surface area contributed by atoms with Crippen LogP contribution in [0.4, 0.5) is 5.69 Å². The van der Waals surface area contributed by atoms with Gasteiger partial charge in [-0.2, -0.15) is 0 Å². The van der Waals surface area contributed by atoms with Crippen molar-refractivity contribution in [1.29, 1.82) is 0 Å². The van der Waals surface area contributed by atoms with Crippen molar-refractivity contribution in [3.8, 4) is 0 Å². The number of hydrogen-bond donors (Lipinski definition) is 1. The predicted octanol–water partition coefficient (Wildman–Crippen LogP) is 4.37. The molecule has 2 amide bonds. The zero-order valence-electron chi connectivity index (χ0n) is 19.1. The minimum absolute atomic E-state index is 0.0129. The quantitative estimate of drug-likeness (QED) is 0.545. The Balaban J connectivity index is 1.28. The summed E-state index contributed by atoms with van der Waals surface area (Å²) in [7, 11) is 0. The van der Waals surface area contributed by atoms with Gasteiger partial charge < -0.3 is 14.6 Å². The molecule has 1 aliphatic heterocycles. The molecule has 0 saturated heterocycles. The molecule has 7 nitrogen and oxygen atoms in total. The molecular weight excluding hydrogens is 436 g/mol. The van der Waals surface area contributed by atoms with Gasteiger partial charge >= 0.3 is 0 Å². The van der Waals surface area contributed by atoms with Crippen LogP contribution in [-0.4, -0.2) is 34.3 Å². The molecule has 2 aromatic carbocycles. The van der Waals surface area contributed by atoms with Gasteiger partial charge in [0.05, 0.1) is 12.3 Å². The normalized spacial score (nSPS) is 13.5. The lowest BCUT2D eigenvalue weighted by atomic mass is 9.87. The number of nitrogens with one attached hydrogen (secondary N) is 1. The summed E-state index contributed by atoms with van der Waals surface area (Å²) in [5, 5.41) is 11.1. The number of fused-ring (bicyclic) bond motifs is 1. The fourth-order valence-corrected chi connectivity index (χ4v) is 4.40. The Labute approximate surface area is 198 Å². The lowest BCUT2D eigenvalue weighted by Gasteiger charge is -2.29. The molecule has 1 N–H and O–H groups in total. The first-order valence-corrected chi connectivity index (χ1v) is 12.0. The first kappa shape index (κ1) is 23.0.